The number of halogens is 1. The van der Waals surface area contributed by atoms with E-state index >= 15 is 0 Å². The molecule has 0 aliphatic rings. The fourth-order valence-corrected chi connectivity index (χ4v) is 3.85. The Bertz CT molecular complexity index is 994. The molecule has 0 fully saturated rings. The molecule has 4 aromatic rings. The fraction of sp³-hybridized carbons (Fsp3) is 0.211. The van der Waals surface area contributed by atoms with Gasteiger partial charge in [-0.1, -0.05) is 28.9 Å². The highest BCUT2D eigenvalue weighted by molar-refractivity contribution is 7.18. The number of rotatable bonds is 5. The molecule has 0 amide bonds. The Kier molecular flexibility index (Phi) is 4.72. The van der Waals surface area contributed by atoms with Crippen LogP contribution in [0.2, 0.25) is 5.02 Å². The lowest BCUT2D eigenvalue weighted by Gasteiger charge is -2.20. The number of thiazole rings is 1. The summed E-state index contributed by atoms with van der Waals surface area (Å²) in [4.78, 5) is 11.4. The van der Waals surface area contributed by atoms with Gasteiger partial charge in [0, 0.05) is 10.6 Å². The van der Waals surface area contributed by atoms with E-state index in [4.69, 9.17) is 21.1 Å². The van der Waals surface area contributed by atoms with E-state index in [9.17, 15) is 0 Å². The molecule has 0 radical (unpaired) electrons. The highest BCUT2D eigenvalue weighted by atomic mass is 35.5. The van der Waals surface area contributed by atoms with Crippen molar-refractivity contribution in [3.8, 4) is 11.4 Å². The van der Waals surface area contributed by atoms with Gasteiger partial charge in [0.2, 0.25) is 11.7 Å². The summed E-state index contributed by atoms with van der Waals surface area (Å²) in [6, 6.07) is 15.7. The van der Waals surface area contributed by atoms with Gasteiger partial charge in [-0.25, -0.2) is 4.98 Å². The molecule has 132 valence electrons. The zero-order valence-electron chi connectivity index (χ0n) is 14.4. The molecule has 2 heterocycles. The first-order chi connectivity index (χ1) is 12.6. The standard InChI is InChI=1S/C19H17ClN4OS/c1-12(19-21-15-5-3-4-6-16(15)26-19)24(2)11-17-22-18(23-25-17)13-7-9-14(20)10-8-13/h3-10,12H,11H2,1-2H3/t12-/m0/s1. The molecule has 4 rings (SSSR count). The van der Waals surface area contributed by atoms with Crippen LogP contribution in [0.1, 0.15) is 23.9 Å². The quantitative estimate of drug-likeness (QED) is 0.473. The summed E-state index contributed by atoms with van der Waals surface area (Å²) < 4.78 is 6.61. The molecule has 0 unspecified atom stereocenters. The van der Waals surface area contributed by atoms with E-state index in [0.29, 0.717) is 23.3 Å². The van der Waals surface area contributed by atoms with Crippen LogP contribution in [0.4, 0.5) is 0 Å². The molecule has 0 saturated carbocycles. The Balaban J connectivity index is 1.49. The van der Waals surface area contributed by atoms with Gasteiger partial charge in [-0.05, 0) is 50.4 Å². The van der Waals surface area contributed by atoms with Crippen LogP contribution in [0.5, 0.6) is 0 Å². The van der Waals surface area contributed by atoms with Gasteiger partial charge in [0.25, 0.3) is 0 Å². The van der Waals surface area contributed by atoms with Crippen LogP contribution < -0.4 is 0 Å². The van der Waals surface area contributed by atoms with Crippen LogP contribution in [0, 0.1) is 0 Å². The molecule has 2 aromatic heterocycles. The van der Waals surface area contributed by atoms with Gasteiger partial charge in [0.1, 0.15) is 5.01 Å². The van der Waals surface area contributed by atoms with Gasteiger partial charge in [0.15, 0.2) is 0 Å². The van der Waals surface area contributed by atoms with E-state index in [-0.39, 0.29) is 6.04 Å². The predicted octanol–water partition coefficient (Wildman–Crippen LogP) is 5.19. The number of fused-ring (bicyclic) bond motifs is 1. The van der Waals surface area contributed by atoms with Gasteiger partial charge in [-0.15, -0.1) is 11.3 Å². The van der Waals surface area contributed by atoms with Gasteiger partial charge >= 0.3 is 0 Å². The summed E-state index contributed by atoms with van der Waals surface area (Å²) in [5, 5.41) is 5.82. The Morgan fingerprint density at radius 3 is 2.65 bits per heavy atom. The van der Waals surface area contributed by atoms with E-state index < -0.39 is 0 Å². The molecule has 1 atom stereocenters. The van der Waals surface area contributed by atoms with Gasteiger partial charge < -0.3 is 4.52 Å². The average molecular weight is 385 g/mol. The molecular weight excluding hydrogens is 368 g/mol. The molecular formula is C19H17ClN4OS. The van der Waals surface area contributed by atoms with Crippen LogP contribution in [-0.2, 0) is 6.54 Å². The van der Waals surface area contributed by atoms with E-state index in [0.717, 1.165) is 16.1 Å². The van der Waals surface area contributed by atoms with Crippen LogP contribution in [-0.4, -0.2) is 27.1 Å². The maximum absolute atomic E-state index is 5.92. The third kappa shape index (κ3) is 3.49. The van der Waals surface area contributed by atoms with Crippen LogP contribution >= 0.6 is 22.9 Å². The maximum Gasteiger partial charge on any atom is 0.241 e. The first-order valence-electron chi connectivity index (χ1n) is 8.24. The summed E-state index contributed by atoms with van der Waals surface area (Å²) >= 11 is 7.64. The molecule has 0 aliphatic carbocycles. The summed E-state index contributed by atoms with van der Waals surface area (Å²) in [7, 11) is 2.03. The van der Waals surface area contributed by atoms with Crippen molar-refractivity contribution in [2.24, 2.45) is 0 Å². The molecule has 0 bridgehead atoms. The molecule has 0 spiro atoms. The van der Waals surface area contributed by atoms with E-state index in [1.165, 1.54) is 4.70 Å². The molecule has 0 saturated heterocycles. The van der Waals surface area contributed by atoms with Crippen LogP contribution in [0.3, 0.4) is 0 Å². The first kappa shape index (κ1) is 17.1. The van der Waals surface area contributed by atoms with Crippen LogP contribution in [0.15, 0.2) is 53.1 Å². The van der Waals surface area contributed by atoms with Crippen molar-refractivity contribution in [2.45, 2.75) is 19.5 Å². The summed E-state index contributed by atoms with van der Waals surface area (Å²) in [5.41, 5.74) is 1.92. The summed E-state index contributed by atoms with van der Waals surface area (Å²) in [6.07, 6.45) is 0. The molecule has 0 aliphatic heterocycles. The minimum atomic E-state index is 0.151. The van der Waals surface area contributed by atoms with Crippen molar-refractivity contribution in [3.63, 3.8) is 0 Å². The summed E-state index contributed by atoms with van der Waals surface area (Å²) in [6.45, 7) is 2.69. The van der Waals surface area contributed by atoms with E-state index in [1.54, 1.807) is 11.3 Å². The van der Waals surface area contributed by atoms with Crippen LogP contribution in [0.25, 0.3) is 21.6 Å². The highest BCUT2D eigenvalue weighted by Crippen LogP contribution is 2.29. The lowest BCUT2D eigenvalue weighted by atomic mass is 10.2. The number of para-hydroxylation sites is 1. The predicted molar refractivity (Wildman–Crippen MR) is 104 cm³/mol. The molecule has 5 nitrogen and oxygen atoms in total. The molecule has 2 aromatic carbocycles. The zero-order chi connectivity index (χ0) is 18.1. The average Bonchev–Trinajstić information content (AvgIpc) is 3.28. The molecule has 7 heteroatoms. The Morgan fingerprint density at radius 2 is 1.88 bits per heavy atom. The monoisotopic (exact) mass is 384 g/mol. The Labute approximate surface area is 160 Å². The van der Waals surface area contributed by atoms with Gasteiger partial charge in [-0.3, -0.25) is 4.90 Å². The van der Waals surface area contributed by atoms with E-state index in [2.05, 4.69) is 28.0 Å². The van der Waals surface area contributed by atoms with Crippen molar-refractivity contribution < 1.29 is 4.52 Å². The van der Waals surface area contributed by atoms with Crippen molar-refractivity contribution in [1.29, 1.82) is 0 Å². The SMILES string of the molecule is C[C@@H](c1nc2ccccc2s1)N(C)Cc1nc(-c2ccc(Cl)cc2)no1. The molecule has 26 heavy (non-hydrogen) atoms. The first-order valence-corrected chi connectivity index (χ1v) is 9.44. The largest absolute Gasteiger partial charge is 0.338 e. The Morgan fingerprint density at radius 1 is 1.12 bits per heavy atom. The Hall–Kier alpha value is -2.28. The van der Waals surface area contributed by atoms with E-state index in [1.807, 2.05) is 49.5 Å². The number of hydrogen-bond donors (Lipinski definition) is 0. The zero-order valence-corrected chi connectivity index (χ0v) is 16.0. The minimum absolute atomic E-state index is 0.151. The second-order valence-electron chi connectivity index (χ2n) is 6.13. The smallest absolute Gasteiger partial charge is 0.241 e. The topological polar surface area (TPSA) is 55.1 Å². The minimum Gasteiger partial charge on any atom is -0.338 e. The molecule has 0 N–H and O–H groups in total. The second-order valence-corrected chi connectivity index (χ2v) is 7.63. The lowest BCUT2D eigenvalue weighted by molar-refractivity contribution is 0.216. The number of aromatic nitrogens is 3. The van der Waals surface area contributed by atoms with Crippen molar-refractivity contribution in [2.75, 3.05) is 7.05 Å². The van der Waals surface area contributed by atoms with Crippen molar-refractivity contribution in [3.05, 3.63) is 64.5 Å². The highest BCUT2D eigenvalue weighted by Gasteiger charge is 2.19. The second kappa shape index (κ2) is 7.15. The lowest BCUT2D eigenvalue weighted by Crippen LogP contribution is -2.22. The summed E-state index contributed by atoms with van der Waals surface area (Å²) in [5.74, 6) is 1.14. The third-order valence-electron chi connectivity index (χ3n) is 4.28. The van der Waals surface area contributed by atoms with Crippen molar-refractivity contribution in [1.82, 2.24) is 20.0 Å². The maximum atomic E-state index is 5.92. The number of benzene rings is 2. The number of nitrogens with zero attached hydrogens (tertiary/aromatic N) is 4. The van der Waals surface area contributed by atoms with Gasteiger partial charge in [-0.2, -0.15) is 4.98 Å². The third-order valence-corrected chi connectivity index (χ3v) is 5.74. The fourth-order valence-electron chi connectivity index (χ4n) is 2.64. The number of hydrogen-bond acceptors (Lipinski definition) is 6. The normalized spacial score (nSPS) is 12.8. The van der Waals surface area contributed by atoms with Gasteiger partial charge in [0.05, 0.1) is 22.8 Å². The van der Waals surface area contributed by atoms with Crippen molar-refractivity contribution >= 4 is 33.2 Å².